The SMILES string of the molecule is CCN(CC)C(=O)CNCC1CC2C=CC1C2. The lowest BCUT2D eigenvalue weighted by Gasteiger charge is -2.21. The third-order valence-electron chi connectivity index (χ3n) is 4.22. The Labute approximate surface area is 104 Å². The maximum Gasteiger partial charge on any atom is 0.236 e. The summed E-state index contributed by atoms with van der Waals surface area (Å²) in [6.07, 6.45) is 7.39. The predicted octanol–water partition coefficient (Wildman–Crippen LogP) is 1.66. The van der Waals surface area contributed by atoms with Crippen LogP contribution in [0.4, 0.5) is 0 Å². The minimum Gasteiger partial charge on any atom is -0.342 e. The largest absolute Gasteiger partial charge is 0.342 e. The molecule has 3 atom stereocenters. The van der Waals surface area contributed by atoms with Crippen LogP contribution in [-0.4, -0.2) is 37.0 Å². The number of nitrogens with one attached hydrogen (secondary N) is 1. The number of likely N-dealkylation sites (N-methyl/N-ethyl adjacent to an activating group) is 1. The Morgan fingerprint density at radius 1 is 1.29 bits per heavy atom. The fourth-order valence-corrected chi connectivity index (χ4v) is 3.18. The number of carbonyl (C=O) groups is 1. The zero-order chi connectivity index (χ0) is 12.3. The van der Waals surface area contributed by atoms with E-state index in [-0.39, 0.29) is 5.91 Å². The van der Waals surface area contributed by atoms with Gasteiger partial charge in [0.25, 0.3) is 0 Å². The number of allylic oxidation sites excluding steroid dienone is 2. The number of rotatable bonds is 6. The number of hydrogen-bond donors (Lipinski definition) is 1. The second kappa shape index (κ2) is 5.67. The molecule has 2 rings (SSSR count). The standard InChI is InChI=1S/C14H24N2O/c1-3-16(4-2)14(17)10-15-9-13-8-11-5-6-12(13)7-11/h5-6,11-13,15H,3-4,7-10H2,1-2H3. The highest BCUT2D eigenvalue weighted by Gasteiger charge is 2.35. The summed E-state index contributed by atoms with van der Waals surface area (Å²) in [5.74, 6) is 2.59. The van der Waals surface area contributed by atoms with Crippen molar-refractivity contribution in [1.29, 1.82) is 0 Å². The van der Waals surface area contributed by atoms with Crippen LogP contribution in [0.3, 0.4) is 0 Å². The molecule has 0 aromatic rings. The van der Waals surface area contributed by atoms with Gasteiger partial charge in [-0.3, -0.25) is 4.79 Å². The molecule has 0 spiro atoms. The first-order valence-corrected chi connectivity index (χ1v) is 6.91. The highest BCUT2D eigenvalue weighted by Crippen LogP contribution is 2.42. The summed E-state index contributed by atoms with van der Waals surface area (Å²) in [6.45, 7) is 7.18. The lowest BCUT2D eigenvalue weighted by molar-refractivity contribution is -0.129. The Hall–Kier alpha value is -0.830. The van der Waals surface area contributed by atoms with Crippen molar-refractivity contribution in [3.8, 4) is 0 Å². The van der Waals surface area contributed by atoms with Crippen LogP contribution in [0.15, 0.2) is 12.2 Å². The molecule has 1 N–H and O–H groups in total. The lowest BCUT2D eigenvalue weighted by atomic mass is 9.94. The molecule has 2 bridgehead atoms. The molecule has 2 aliphatic carbocycles. The Kier molecular flexibility index (Phi) is 4.21. The first-order valence-electron chi connectivity index (χ1n) is 6.91. The van der Waals surface area contributed by atoms with Crippen LogP contribution < -0.4 is 5.32 Å². The quantitative estimate of drug-likeness (QED) is 0.711. The highest BCUT2D eigenvalue weighted by molar-refractivity contribution is 5.78. The molecular formula is C14H24N2O. The topological polar surface area (TPSA) is 32.3 Å². The number of carbonyl (C=O) groups excluding carboxylic acids is 1. The Bertz CT molecular complexity index is 297. The molecule has 1 fully saturated rings. The predicted molar refractivity (Wildman–Crippen MR) is 69.6 cm³/mol. The molecule has 3 heteroatoms. The lowest BCUT2D eigenvalue weighted by Crippen LogP contribution is -2.39. The van der Waals surface area contributed by atoms with Gasteiger partial charge in [0, 0.05) is 13.1 Å². The maximum absolute atomic E-state index is 11.8. The van der Waals surface area contributed by atoms with E-state index in [4.69, 9.17) is 0 Å². The average molecular weight is 236 g/mol. The molecule has 0 saturated heterocycles. The molecule has 0 aromatic heterocycles. The summed E-state index contributed by atoms with van der Waals surface area (Å²) in [5.41, 5.74) is 0. The van der Waals surface area contributed by atoms with E-state index in [0.29, 0.717) is 6.54 Å². The number of fused-ring (bicyclic) bond motifs is 2. The van der Waals surface area contributed by atoms with Crippen molar-refractivity contribution in [2.75, 3.05) is 26.2 Å². The van der Waals surface area contributed by atoms with Gasteiger partial charge in [0.2, 0.25) is 5.91 Å². The zero-order valence-electron chi connectivity index (χ0n) is 11.0. The normalized spacial score (nSPS) is 29.9. The van der Waals surface area contributed by atoms with E-state index in [0.717, 1.165) is 37.4 Å². The van der Waals surface area contributed by atoms with Crippen LogP contribution in [0.25, 0.3) is 0 Å². The van der Waals surface area contributed by atoms with Gasteiger partial charge in [0.1, 0.15) is 0 Å². The van der Waals surface area contributed by atoms with Crippen molar-refractivity contribution in [2.24, 2.45) is 17.8 Å². The van der Waals surface area contributed by atoms with Crippen LogP contribution in [0.1, 0.15) is 26.7 Å². The van der Waals surface area contributed by atoms with Crippen LogP contribution in [-0.2, 0) is 4.79 Å². The van der Waals surface area contributed by atoms with Gasteiger partial charge < -0.3 is 10.2 Å². The van der Waals surface area contributed by atoms with Crippen molar-refractivity contribution in [3.63, 3.8) is 0 Å². The molecule has 96 valence electrons. The third kappa shape index (κ3) is 2.89. The molecule has 0 heterocycles. The minimum atomic E-state index is 0.230. The molecule has 2 aliphatic rings. The van der Waals surface area contributed by atoms with Crippen molar-refractivity contribution < 1.29 is 4.79 Å². The van der Waals surface area contributed by atoms with Crippen LogP contribution >= 0.6 is 0 Å². The number of nitrogens with zero attached hydrogens (tertiary/aromatic N) is 1. The van der Waals surface area contributed by atoms with Gasteiger partial charge in [-0.05, 0) is 51.0 Å². The van der Waals surface area contributed by atoms with Gasteiger partial charge >= 0.3 is 0 Å². The molecule has 3 unspecified atom stereocenters. The summed E-state index contributed by atoms with van der Waals surface area (Å²) in [4.78, 5) is 13.7. The van der Waals surface area contributed by atoms with E-state index in [1.807, 2.05) is 18.7 Å². The summed E-state index contributed by atoms with van der Waals surface area (Å²) < 4.78 is 0. The molecule has 17 heavy (non-hydrogen) atoms. The molecule has 0 aliphatic heterocycles. The Morgan fingerprint density at radius 2 is 2.06 bits per heavy atom. The van der Waals surface area contributed by atoms with E-state index in [9.17, 15) is 4.79 Å². The van der Waals surface area contributed by atoms with Crippen molar-refractivity contribution in [3.05, 3.63) is 12.2 Å². The van der Waals surface area contributed by atoms with Crippen molar-refractivity contribution in [1.82, 2.24) is 10.2 Å². The van der Waals surface area contributed by atoms with Gasteiger partial charge in [0.15, 0.2) is 0 Å². The fraction of sp³-hybridized carbons (Fsp3) is 0.786. The van der Waals surface area contributed by atoms with E-state index in [2.05, 4.69) is 17.5 Å². The first-order chi connectivity index (χ1) is 8.24. The van der Waals surface area contributed by atoms with Gasteiger partial charge in [-0.2, -0.15) is 0 Å². The zero-order valence-corrected chi connectivity index (χ0v) is 11.0. The highest BCUT2D eigenvalue weighted by atomic mass is 16.2. The van der Waals surface area contributed by atoms with Crippen LogP contribution in [0.5, 0.6) is 0 Å². The van der Waals surface area contributed by atoms with E-state index >= 15 is 0 Å². The number of hydrogen-bond acceptors (Lipinski definition) is 2. The minimum absolute atomic E-state index is 0.230. The van der Waals surface area contributed by atoms with E-state index < -0.39 is 0 Å². The second-order valence-corrected chi connectivity index (χ2v) is 5.24. The number of amides is 1. The molecule has 1 amide bonds. The Balaban J connectivity index is 1.66. The van der Waals surface area contributed by atoms with Crippen LogP contribution in [0.2, 0.25) is 0 Å². The summed E-state index contributed by atoms with van der Waals surface area (Å²) in [5, 5.41) is 3.34. The fourth-order valence-electron chi connectivity index (χ4n) is 3.18. The summed E-state index contributed by atoms with van der Waals surface area (Å²) in [7, 11) is 0. The molecule has 3 nitrogen and oxygen atoms in total. The maximum atomic E-state index is 11.8. The summed E-state index contributed by atoms with van der Waals surface area (Å²) in [6, 6.07) is 0. The van der Waals surface area contributed by atoms with Crippen molar-refractivity contribution in [2.45, 2.75) is 26.7 Å². The van der Waals surface area contributed by atoms with Gasteiger partial charge in [0.05, 0.1) is 6.54 Å². The molecule has 0 radical (unpaired) electrons. The van der Waals surface area contributed by atoms with E-state index in [1.54, 1.807) is 0 Å². The van der Waals surface area contributed by atoms with E-state index in [1.165, 1.54) is 12.8 Å². The van der Waals surface area contributed by atoms with Gasteiger partial charge in [-0.25, -0.2) is 0 Å². The molecule has 0 aromatic carbocycles. The molecule has 1 saturated carbocycles. The smallest absolute Gasteiger partial charge is 0.236 e. The van der Waals surface area contributed by atoms with Crippen LogP contribution in [0, 0.1) is 17.8 Å². The Morgan fingerprint density at radius 3 is 2.59 bits per heavy atom. The monoisotopic (exact) mass is 236 g/mol. The average Bonchev–Trinajstić information content (AvgIpc) is 2.92. The van der Waals surface area contributed by atoms with Gasteiger partial charge in [-0.15, -0.1) is 0 Å². The second-order valence-electron chi connectivity index (χ2n) is 5.24. The third-order valence-corrected chi connectivity index (χ3v) is 4.22. The van der Waals surface area contributed by atoms with Gasteiger partial charge in [-0.1, -0.05) is 12.2 Å². The van der Waals surface area contributed by atoms with Crippen molar-refractivity contribution >= 4 is 5.91 Å². The first kappa shape index (κ1) is 12.6. The summed E-state index contributed by atoms with van der Waals surface area (Å²) >= 11 is 0. The molecular weight excluding hydrogens is 212 g/mol.